The van der Waals surface area contributed by atoms with Gasteiger partial charge in [-0.25, -0.2) is 0 Å². The van der Waals surface area contributed by atoms with Crippen LogP contribution in [0.1, 0.15) is 37.5 Å². The maximum absolute atomic E-state index is 13.7. The average molecular weight is 578 g/mol. The van der Waals surface area contributed by atoms with Crippen LogP contribution >= 0.6 is 46.6 Å². The molecule has 1 N–H and O–H groups in total. The van der Waals surface area contributed by atoms with Crippen LogP contribution in [0.15, 0.2) is 72.8 Å². The van der Waals surface area contributed by atoms with E-state index < -0.39 is 11.6 Å². The zero-order valence-corrected chi connectivity index (χ0v) is 24.2. The van der Waals surface area contributed by atoms with E-state index in [1.165, 1.54) is 11.8 Å². The number of halogens is 3. The Morgan fingerprint density at radius 3 is 2.08 bits per heavy atom. The number of thioether (sulfide) groups is 1. The second-order valence-electron chi connectivity index (χ2n) is 9.79. The Kier molecular flexibility index (Phi) is 10.8. The van der Waals surface area contributed by atoms with Gasteiger partial charge in [-0.1, -0.05) is 83.3 Å². The number of hydrogen-bond acceptors (Lipinski definition) is 3. The largest absolute Gasteiger partial charge is 0.350 e. The SMILES string of the molecule is CC(C)(C)NC(=O)[C@H](Cc1ccccc1)N(Cc1ccc(Cl)cc1)C(=O)CSCc1c(Cl)cccc1Cl. The fourth-order valence-electron chi connectivity index (χ4n) is 3.79. The van der Waals surface area contributed by atoms with Crippen LogP contribution in [0.4, 0.5) is 0 Å². The van der Waals surface area contributed by atoms with Crippen molar-refractivity contribution in [1.82, 2.24) is 10.2 Å². The molecule has 0 saturated heterocycles. The predicted octanol–water partition coefficient (Wildman–Crippen LogP) is 7.43. The van der Waals surface area contributed by atoms with Gasteiger partial charge in [-0.3, -0.25) is 9.59 Å². The summed E-state index contributed by atoms with van der Waals surface area (Å²) in [5.74, 6) is 0.311. The van der Waals surface area contributed by atoms with Crippen molar-refractivity contribution in [2.24, 2.45) is 0 Å². The van der Waals surface area contributed by atoms with Crippen molar-refractivity contribution in [3.8, 4) is 0 Å². The van der Waals surface area contributed by atoms with Gasteiger partial charge in [-0.05, 0) is 61.7 Å². The molecule has 0 bridgehead atoms. The Morgan fingerprint density at radius 2 is 1.49 bits per heavy atom. The summed E-state index contributed by atoms with van der Waals surface area (Å²) in [6.45, 7) is 6.07. The van der Waals surface area contributed by atoms with Crippen molar-refractivity contribution in [3.63, 3.8) is 0 Å². The minimum atomic E-state index is -0.700. The average Bonchev–Trinajstić information content (AvgIpc) is 2.83. The quantitative estimate of drug-likeness (QED) is 0.272. The van der Waals surface area contributed by atoms with E-state index in [9.17, 15) is 9.59 Å². The lowest BCUT2D eigenvalue weighted by Gasteiger charge is -2.34. The van der Waals surface area contributed by atoms with E-state index in [-0.39, 0.29) is 24.1 Å². The molecular formula is C29H31Cl3N2O2S. The number of benzene rings is 3. The highest BCUT2D eigenvalue weighted by atomic mass is 35.5. The van der Waals surface area contributed by atoms with Gasteiger partial charge in [-0.15, -0.1) is 11.8 Å². The van der Waals surface area contributed by atoms with Crippen LogP contribution < -0.4 is 5.32 Å². The minimum Gasteiger partial charge on any atom is -0.350 e. The van der Waals surface area contributed by atoms with Gasteiger partial charge in [0.25, 0.3) is 0 Å². The fraction of sp³-hybridized carbons (Fsp3) is 0.310. The molecule has 0 saturated carbocycles. The zero-order chi connectivity index (χ0) is 27.0. The van der Waals surface area contributed by atoms with E-state index in [1.54, 1.807) is 35.2 Å². The smallest absolute Gasteiger partial charge is 0.243 e. The number of nitrogens with zero attached hydrogens (tertiary/aromatic N) is 1. The molecule has 0 heterocycles. The predicted molar refractivity (Wildman–Crippen MR) is 156 cm³/mol. The number of hydrogen-bond donors (Lipinski definition) is 1. The maximum atomic E-state index is 13.7. The second-order valence-corrected chi connectivity index (χ2v) is 12.0. The van der Waals surface area contributed by atoms with Gasteiger partial charge in [0.15, 0.2) is 0 Å². The third-order valence-corrected chi connectivity index (χ3v) is 7.47. The monoisotopic (exact) mass is 576 g/mol. The lowest BCUT2D eigenvalue weighted by atomic mass is 10.0. The number of amides is 2. The summed E-state index contributed by atoms with van der Waals surface area (Å²) in [4.78, 5) is 28.9. The van der Waals surface area contributed by atoms with Crippen molar-refractivity contribution in [2.75, 3.05) is 5.75 Å². The van der Waals surface area contributed by atoms with Gasteiger partial charge < -0.3 is 10.2 Å². The molecule has 0 radical (unpaired) electrons. The summed E-state index contributed by atoms with van der Waals surface area (Å²) >= 11 is 20.1. The minimum absolute atomic E-state index is 0.145. The van der Waals surface area contributed by atoms with Gasteiger partial charge in [-0.2, -0.15) is 0 Å². The maximum Gasteiger partial charge on any atom is 0.243 e. The standard InChI is InChI=1S/C29H31Cl3N2O2S/c1-29(2,3)33-28(36)26(16-20-8-5-4-6-9-20)34(17-21-12-14-22(30)15-13-21)27(35)19-37-18-23-24(31)10-7-11-25(23)32/h4-15,26H,16-19H2,1-3H3,(H,33,36)/t26-/m0/s1. The summed E-state index contributed by atoms with van der Waals surface area (Å²) in [7, 11) is 0. The summed E-state index contributed by atoms with van der Waals surface area (Å²) < 4.78 is 0. The molecule has 2 amide bonds. The van der Waals surface area contributed by atoms with Gasteiger partial charge in [0, 0.05) is 39.3 Å². The molecule has 3 rings (SSSR count). The Balaban J connectivity index is 1.88. The first-order valence-electron chi connectivity index (χ1n) is 11.9. The lowest BCUT2D eigenvalue weighted by molar-refractivity contribution is -0.140. The molecule has 3 aromatic rings. The van der Waals surface area contributed by atoms with Crippen LogP contribution in [0.2, 0.25) is 15.1 Å². The van der Waals surface area contributed by atoms with Crippen molar-refractivity contribution in [1.29, 1.82) is 0 Å². The number of carbonyl (C=O) groups excluding carboxylic acids is 2. The van der Waals surface area contributed by atoms with Crippen molar-refractivity contribution >= 4 is 58.4 Å². The summed E-state index contributed by atoms with van der Waals surface area (Å²) in [6, 6.07) is 21.7. The van der Waals surface area contributed by atoms with E-state index in [2.05, 4.69) is 5.32 Å². The first-order valence-corrected chi connectivity index (χ1v) is 14.2. The number of rotatable bonds is 10. The van der Waals surface area contributed by atoms with Crippen LogP contribution in [-0.4, -0.2) is 34.0 Å². The molecule has 0 unspecified atom stereocenters. The van der Waals surface area contributed by atoms with Crippen LogP contribution in [0.3, 0.4) is 0 Å². The van der Waals surface area contributed by atoms with E-state index in [4.69, 9.17) is 34.8 Å². The summed E-state index contributed by atoms with van der Waals surface area (Å²) in [6.07, 6.45) is 0.392. The Bertz CT molecular complexity index is 1180. The first kappa shape index (κ1) is 29.4. The lowest BCUT2D eigenvalue weighted by Crippen LogP contribution is -2.54. The van der Waals surface area contributed by atoms with Crippen LogP contribution in [-0.2, 0) is 28.3 Å². The van der Waals surface area contributed by atoms with Gasteiger partial charge >= 0.3 is 0 Å². The van der Waals surface area contributed by atoms with Gasteiger partial charge in [0.2, 0.25) is 11.8 Å². The molecule has 0 fully saturated rings. The molecule has 37 heavy (non-hydrogen) atoms. The molecule has 0 spiro atoms. The molecule has 0 aliphatic heterocycles. The Labute approximate surface area is 238 Å². The highest BCUT2D eigenvalue weighted by Gasteiger charge is 2.32. The summed E-state index contributed by atoms with van der Waals surface area (Å²) in [5.41, 5.74) is 2.20. The molecule has 1 atom stereocenters. The number of nitrogens with one attached hydrogen (secondary N) is 1. The first-order chi connectivity index (χ1) is 17.5. The van der Waals surface area contributed by atoms with E-state index >= 15 is 0 Å². The van der Waals surface area contributed by atoms with Crippen LogP contribution in [0.25, 0.3) is 0 Å². The van der Waals surface area contributed by atoms with E-state index in [0.717, 1.165) is 16.7 Å². The Morgan fingerprint density at radius 1 is 0.865 bits per heavy atom. The molecule has 0 aliphatic carbocycles. The molecule has 196 valence electrons. The van der Waals surface area contributed by atoms with Crippen LogP contribution in [0, 0.1) is 0 Å². The third kappa shape index (κ3) is 9.26. The topological polar surface area (TPSA) is 49.4 Å². The fourth-order valence-corrected chi connectivity index (χ4v) is 5.56. The molecule has 8 heteroatoms. The molecule has 4 nitrogen and oxygen atoms in total. The molecule has 3 aromatic carbocycles. The van der Waals surface area contributed by atoms with Gasteiger partial charge in [0.05, 0.1) is 5.75 Å². The van der Waals surface area contributed by atoms with E-state index in [1.807, 2.05) is 63.2 Å². The molecule has 0 aliphatic rings. The second kappa shape index (κ2) is 13.6. The normalized spacial score (nSPS) is 12.2. The highest BCUT2D eigenvalue weighted by molar-refractivity contribution is 7.99. The van der Waals surface area contributed by atoms with Crippen molar-refractivity contribution in [3.05, 3.63) is 105 Å². The third-order valence-electron chi connectivity index (χ3n) is 5.57. The van der Waals surface area contributed by atoms with Crippen molar-refractivity contribution < 1.29 is 9.59 Å². The highest BCUT2D eigenvalue weighted by Crippen LogP contribution is 2.28. The zero-order valence-electron chi connectivity index (χ0n) is 21.1. The van der Waals surface area contributed by atoms with Crippen LogP contribution in [0.5, 0.6) is 0 Å². The van der Waals surface area contributed by atoms with Crippen molar-refractivity contribution in [2.45, 2.75) is 51.1 Å². The Hall–Kier alpha value is -2.18. The van der Waals surface area contributed by atoms with Gasteiger partial charge in [0.1, 0.15) is 6.04 Å². The molecule has 0 aromatic heterocycles. The summed E-state index contributed by atoms with van der Waals surface area (Å²) in [5, 5.41) is 4.82. The molecular weight excluding hydrogens is 547 g/mol. The van der Waals surface area contributed by atoms with E-state index in [0.29, 0.717) is 27.2 Å². The number of carbonyl (C=O) groups is 2.